The van der Waals surface area contributed by atoms with E-state index in [1.165, 1.54) is 11.3 Å². The van der Waals surface area contributed by atoms with Crippen LogP contribution in [0.25, 0.3) is 33.4 Å². The quantitative estimate of drug-likeness (QED) is 0.403. The number of ether oxygens (including phenoxy) is 1. The highest BCUT2D eigenvalue weighted by Crippen LogP contribution is 2.40. The molecule has 1 aliphatic heterocycles. The molecule has 164 valence electrons. The number of pyridine rings is 2. The number of likely N-dealkylation sites (N-methyl/N-ethyl adjacent to an activating group) is 1. The Morgan fingerprint density at radius 3 is 2.75 bits per heavy atom. The first-order valence-electron chi connectivity index (χ1n) is 11.5. The molecular formula is C26H29N5O. The van der Waals surface area contributed by atoms with E-state index in [-0.39, 0.29) is 0 Å². The van der Waals surface area contributed by atoms with Crippen LogP contribution in [-0.4, -0.2) is 50.9 Å². The normalized spacial score (nSPS) is 13.1. The van der Waals surface area contributed by atoms with E-state index in [0.717, 1.165) is 72.6 Å². The number of aryl methyl sites for hydroxylation is 1. The molecule has 1 aromatic carbocycles. The van der Waals surface area contributed by atoms with Crippen molar-refractivity contribution in [2.24, 2.45) is 0 Å². The first-order valence-corrected chi connectivity index (χ1v) is 11.5. The summed E-state index contributed by atoms with van der Waals surface area (Å²) < 4.78 is 8.19. The monoisotopic (exact) mass is 427 g/mol. The van der Waals surface area contributed by atoms with Crippen molar-refractivity contribution in [3.63, 3.8) is 0 Å². The lowest BCUT2D eigenvalue weighted by molar-refractivity contribution is 0.223. The zero-order valence-corrected chi connectivity index (χ0v) is 18.8. The molecule has 1 aliphatic rings. The fourth-order valence-electron chi connectivity index (χ4n) is 4.57. The number of nitrogens with zero attached hydrogens (tertiary/aromatic N) is 5. The number of hydrogen-bond donors (Lipinski definition) is 0. The van der Waals surface area contributed by atoms with Gasteiger partial charge in [-0.3, -0.25) is 14.6 Å². The molecule has 0 bridgehead atoms. The second kappa shape index (κ2) is 9.09. The van der Waals surface area contributed by atoms with E-state index in [1.54, 1.807) is 0 Å². The highest BCUT2D eigenvalue weighted by Gasteiger charge is 2.25. The molecule has 6 nitrogen and oxygen atoms in total. The van der Waals surface area contributed by atoms with Gasteiger partial charge in [-0.1, -0.05) is 19.9 Å². The molecule has 32 heavy (non-hydrogen) atoms. The van der Waals surface area contributed by atoms with E-state index in [2.05, 4.69) is 51.6 Å². The van der Waals surface area contributed by atoms with Gasteiger partial charge in [-0.15, -0.1) is 0 Å². The maximum atomic E-state index is 6.04. The molecule has 0 unspecified atom stereocenters. The molecule has 0 aliphatic carbocycles. The Hall–Kier alpha value is -3.25. The van der Waals surface area contributed by atoms with Gasteiger partial charge in [-0.2, -0.15) is 5.10 Å². The van der Waals surface area contributed by atoms with Gasteiger partial charge in [0.1, 0.15) is 18.1 Å². The topological polar surface area (TPSA) is 56.1 Å². The van der Waals surface area contributed by atoms with Crippen LogP contribution in [0.5, 0.6) is 5.75 Å². The summed E-state index contributed by atoms with van der Waals surface area (Å²) >= 11 is 0. The standard InChI is InChI=1S/C26H29N5O/c1-3-30(4-2)16-17-32-19-10-11-20-21(12-14-28-23(20)18-19)25-24-9-7-15-31(24)29-26(25)22-8-5-6-13-27-22/h5-6,8,10-14,18H,3-4,7,9,15-17H2,1-2H3. The summed E-state index contributed by atoms with van der Waals surface area (Å²) in [4.78, 5) is 11.6. The van der Waals surface area contributed by atoms with Crippen LogP contribution in [0.4, 0.5) is 0 Å². The Labute approximate surface area is 188 Å². The molecule has 0 amide bonds. The zero-order chi connectivity index (χ0) is 21.9. The predicted molar refractivity (Wildman–Crippen MR) is 128 cm³/mol. The number of benzene rings is 1. The van der Waals surface area contributed by atoms with Crippen LogP contribution in [0.3, 0.4) is 0 Å². The molecule has 0 N–H and O–H groups in total. The minimum atomic E-state index is 0.674. The van der Waals surface area contributed by atoms with Gasteiger partial charge in [0.05, 0.1) is 11.2 Å². The summed E-state index contributed by atoms with van der Waals surface area (Å²) in [7, 11) is 0. The maximum Gasteiger partial charge on any atom is 0.121 e. The average molecular weight is 428 g/mol. The minimum absolute atomic E-state index is 0.674. The van der Waals surface area contributed by atoms with E-state index in [4.69, 9.17) is 9.84 Å². The van der Waals surface area contributed by atoms with Gasteiger partial charge in [-0.05, 0) is 61.8 Å². The lowest BCUT2D eigenvalue weighted by Gasteiger charge is -2.18. The minimum Gasteiger partial charge on any atom is -0.492 e. The van der Waals surface area contributed by atoms with E-state index < -0.39 is 0 Å². The maximum absolute atomic E-state index is 6.04. The molecule has 0 saturated heterocycles. The molecule has 4 heterocycles. The second-order valence-electron chi connectivity index (χ2n) is 8.12. The van der Waals surface area contributed by atoms with Crippen molar-refractivity contribution >= 4 is 10.9 Å². The van der Waals surface area contributed by atoms with Gasteiger partial charge in [0.2, 0.25) is 0 Å². The number of rotatable bonds is 8. The predicted octanol–water partition coefficient (Wildman–Crippen LogP) is 4.83. The first kappa shape index (κ1) is 20.6. The molecule has 0 spiro atoms. The van der Waals surface area contributed by atoms with Crippen LogP contribution < -0.4 is 4.74 Å². The number of hydrogen-bond acceptors (Lipinski definition) is 5. The fraction of sp³-hybridized carbons (Fsp3) is 0.346. The van der Waals surface area contributed by atoms with Gasteiger partial charge in [0, 0.05) is 48.2 Å². The van der Waals surface area contributed by atoms with Gasteiger partial charge < -0.3 is 9.64 Å². The third-order valence-corrected chi connectivity index (χ3v) is 6.30. The molecule has 0 saturated carbocycles. The van der Waals surface area contributed by atoms with E-state index in [1.807, 2.05) is 36.7 Å². The SMILES string of the molecule is CCN(CC)CCOc1ccc2c(-c3c(-c4ccccn4)nn4c3CCC4)ccnc2c1. The zero-order valence-electron chi connectivity index (χ0n) is 18.8. The van der Waals surface area contributed by atoms with Gasteiger partial charge in [-0.25, -0.2) is 0 Å². The third-order valence-electron chi connectivity index (χ3n) is 6.30. The molecule has 0 radical (unpaired) electrons. The van der Waals surface area contributed by atoms with Crippen LogP contribution in [0.2, 0.25) is 0 Å². The van der Waals surface area contributed by atoms with Crippen molar-refractivity contribution in [1.29, 1.82) is 0 Å². The summed E-state index contributed by atoms with van der Waals surface area (Å²) in [5.74, 6) is 0.861. The highest BCUT2D eigenvalue weighted by atomic mass is 16.5. The summed E-state index contributed by atoms with van der Waals surface area (Å²) in [6, 6.07) is 14.3. The molecule has 6 heteroatoms. The van der Waals surface area contributed by atoms with Gasteiger partial charge >= 0.3 is 0 Å². The van der Waals surface area contributed by atoms with Crippen molar-refractivity contribution in [3.8, 4) is 28.3 Å². The van der Waals surface area contributed by atoms with Crippen LogP contribution in [-0.2, 0) is 13.0 Å². The molecule has 4 aromatic rings. The number of fused-ring (bicyclic) bond motifs is 2. The smallest absolute Gasteiger partial charge is 0.121 e. The summed E-state index contributed by atoms with van der Waals surface area (Å²) in [5, 5.41) is 6.05. The Morgan fingerprint density at radius 2 is 1.94 bits per heavy atom. The van der Waals surface area contributed by atoms with Crippen molar-refractivity contribution < 1.29 is 4.74 Å². The van der Waals surface area contributed by atoms with Crippen molar-refractivity contribution in [2.45, 2.75) is 33.2 Å². The first-order chi connectivity index (χ1) is 15.8. The Bertz CT molecular complexity index is 1210. The largest absolute Gasteiger partial charge is 0.492 e. The summed E-state index contributed by atoms with van der Waals surface area (Å²) in [5.41, 5.74) is 6.43. The van der Waals surface area contributed by atoms with E-state index in [0.29, 0.717) is 6.61 Å². The lowest BCUT2D eigenvalue weighted by atomic mass is 9.96. The second-order valence-corrected chi connectivity index (χ2v) is 8.12. The van der Waals surface area contributed by atoms with E-state index in [9.17, 15) is 0 Å². The Kier molecular flexibility index (Phi) is 5.86. The molecule has 3 aromatic heterocycles. The van der Waals surface area contributed by atoms with Crippen LogP contribution in [0.1, 0.15) is 26.0 Å². The van der Waals surface area contributed by atoms with Crippen LogP contribution in [0, 0.1) is 0 Å². The van der Waals surface area contributed by atoms with Crippen molar-refractivity contribution in [1.82, 2.24) is 24.6 Å². The third kappa shape index (κ3) is 3.86. The molecular weight excluding hydrogens is 398 g/mol. The molecule has 0 fully saturated rings. The highest BCUT2D eigenvalue weighted by molar-refractivity contribution is 5.99. The van der Waals surface area contributed by atoms with Gasteiger partial charge in [0.15, 0.2) is 0 Å². The molecule has 0 atom stereocenters. The summed E-state index contributed by atoms with van der Waals surface area (Å²) in [6.07, 6.45) is 5.88. The molecule has 5 rings (SSSR count). The van der Waals surface area contributed by atoms with Crippen LogP contribution in [0.15, 0.2) is 54.9 Å². The van der Waals surface area contributed by atoms with Crippen molar-refractivity contribution in [2.75, 3.05) is 26.2 Å². The average Bonchev–Trinajstić information content (AvgIpc) is 3.43. The van der Waals surface area contributed by atoms with Crippen molar-refractivity contribution in [3.05, 3.63) is 60.6 Å². The Balaban J connectivity index is 1.52. The van der Waals surface area contributed by atoms with Crippen LogP contribution >= 0.6 is 0 Å². The van der Waals surface area contributed by atoms with Gasteiger partial charge in [0.25, 0.3) is 0 Å². The summed E-state index contributed by atoms with van der Waals surface area (Å²) in [6.45, 7) is 8.99. The number of aromatic nitrogens is 4. The fourth-order valence-corrected chi connectivity index (χ4v) is 4.57. The van der Waals surface area contributed by atoms with E-state index >= 15 is 0 Å². The lowest BCUT2D eigenvalue weighted by Crippen LogP contribution is -2.27. The Morgan fingerprint density at radius 1 is 1.03 bits per heavy atom.